The molecule has 1 aliphatic heterocycles. The third kappa shape index (κ3) is 4.46. The van der Waals surface area contributed by atoms with Crippen LogP contribution < -0.4 is 0 Å². The van der Waals surface area contributed by atoms with Gasteiger partial charge in [-0.25, -0.2) is 4.39 Å². The van der Waals surface area contributed by atoms with Crippen LogP contribution in [0.5, 0.6) is 0 Å². The lowest BCUT2D eigenvalue weighted by Crippen LogP contribution is -2.35. The quantitative estimate of drug-likeness (QED) is 0.904. The molecule has 1 atom stereocenters. The molecule has 0 spiro atoms. The highest BCUT2D eigenvalue weighted by Gasteiger charge is 2.21. The van der Waals surface area contributed by atoms with E-state index in [1.165, 1.54) is 6.07 Å². The van der Waals surface area contributed by atoms with Crippen LogP contribution in [-0.4, -0.2) is 29.1 Å². The summed E-state index contributed by atoms with van der Waals surface area (Å²) in [5.74, 6) is -0.619. The lowest BCUT2D eigenvalue weighted by molar-refractivity contribution is -0.137. The fourth-order valence-corrected chi connectivity index (χ4v) is 2.91. The van der Waals surface area contributed by atoms with Crippen LogP contribution in [0.1, 0.15) is 31.2 Å². The molecular weight excluding hydrogens is 281 g/mol. The van der Waals surface area contributed by atoms with E-state index in [0.29, 0.717) is 29.5 Å². The molecule has 1 aromatic carbocycles. The highest BCUT2D eigenvalue weighted by atomic mass is 35.5. The Bertz CT molecular complexity index is 481. The normalized spacial score (nSPS) is 20.0. The van der Waals surface area contributed by atoms with Gasteiger partial charge < -0.3 is 5.11 Å². The number of benzene rings is 1. The van der Waals surface area contributed by atoms with E-state index >= 15 is 0 Å². The van der Waals surface area contributed by atoms with Crippen LogP contribution in [0.25, 0.3) is 0 Å². The van der Waals surface area contributed by atoms with Crippen molar-refractivity contribution in [1.29, 1.82) is 0 Å². The maximum atomic E-state index is 13.8. The van der Waals surface area contributed by atoms with Crippen molar-refractivity contribution in [2.45, 2.75) is 32.2 Å². The van der Waals surface area contributed by atoms with Crippen molar-refractivity contribution in [3.8, 4) is 0 Å². The predicted octanol–water partition coefficient (Wildman–Crippen LogP) is 3.56. The van der Waals surface area contributed by atoms with E-state index in [1.807, 2.05) is 0 Å². The van der Waals surface area contributed by atoms with Gasteiger partial charge in [-0.15, -0.1) is 0 Å². The number of hydrogen-bond acceptors (Lipinski definition) is 2. The Balaban J connectivity index is 1.90. The third-order valence-electron chi connectivity index (χ3n) is 3.78. The molecule has 0 bridgehead atoms. The van der Waals surface area contributed by atoms with Gasteiger partial charge in [0.2, 0.25) is 0 Å². The van der Waals surface area contributed by atoms with Crippen LogP contribution in [0.15, 0.2) is 18.2 Å². The van der Waals surface area contributed by atoms with Crippen LogP contribution in [0, 0.1) is 11.7 Å². The van der Waals surface area contributed by atoms with Crippen LogP contribution in [0.3, 0.4) is 0 Å². The van der Waals surface area contributed by atoms with E-state index in [1.54, 1.807) is 12.1 Å². The molecule has 2 rings (SSSR count). The van der Waals surface area contributed by atoms with E-state index in [-0.39, 0.29) is 12.2 Å². The summed E-state index contributed by atoms with van der Waals surface area (Å²) >= 11 is 5.74. The van der Waals surface area contributed by atoms with E-state index in [0.717, 1.165) is 25.9 Å². The fourth-order valence-electron chi connectivity index (χ4n) is 2.75. The van der Waals surface area contributed by atoms with Gasteiger partial charge >= 0.3 is 5.97 Å². The number of nitrogens with zero attached hydrogens (tertiary/aromatic N) is 1. The summed E-state index contributed by atoms with van der Waals surface area (Å²) < 4.78 is 13.8. The SMILES string of the molecule is O=C(O)CCC1CCCN(Cc2ccc(Cl)cc2F)C1. The number of piperidine rings is 1. The van der Waals surface area contributed by atoms with Crippen LogP contribution in [0.2, 0.25) is 5.02 Å². The lowest BCUT2D eigenvalue weighted by Gasteiger charge is -2.32. The molecule has 1 saturated heterocycles. The summed E-state index contributed by atoms with van der Waals surface area (Å²) in [6, 6.07) is 4.76. The molecule has 1 N–H and O–H groups in total. The Kier molecular flexibility index (Phi) is 5.38. The number of hydrogen-bond donors (Lipinski definition) is 1. The number of rotatable bonds is 5. The van der Waals surface area contributed by atoms with Crippen molar-refractivity contribution in [2.24, 2.45) is 5.92 Å². The number of carbonyl (C=O) groups is 1. The smallest absolute Gasteiger partial charge is 0.303 e. The van der Waals surface area contributed by atoms with Gasteiger partial charge in [-0.05, 0) is 43.9 Å². The fraction of sp³-hybridized carbons (Fsp3) is 0.533. The monoisotopic (exact) mass is 299 g/mol. The summed E-state index contributed by atoms with van der Waals surface area (Å²) in [7, 11) is 0. The molecule has 1 aromatic rings. The Labute approximate surface area is 123 Å². The molecule has 5 heteroatoms. The molecule has 110 valence electrons. The van der Waals surface area contributed by atoms with Gasteiger partial charge in [0.05, 0.1) is 0 Å². The van der Waals surface area contributed by atoms with Gasteiger partial charge in [0.15, 0.2) is 0 Å². The highest BCUT2D eigenvalue weighted by molar-refractivity contribution is 6.30. The van der Waals surface area contributed by atoms with Gasteiger partial charge in [-0.1, -0.05) is 17.7 Å². The second-order valence-corrected chi connectivity index (χ2v) is 5.85. The first kappa shape index (κ1) is 15.3. The number of likely N-dealkylation sites (tertiary alicyclic amines) is 1. The predicted molar refractivity (Wildman–Crippen MR) is 76.3 cm³/mol. The molecule has 0 amide bonds. The minimum absolute atomic E-state index is 0.216. The third-order valence-corrected chi connectivity index (χ3v) is 4.01. The van der Waals surface area contributed by atoms with Gasteiger partial charge in [0, 0.05) is 30.1 Å². The highest BCUT2D eigenvalue weighted by Crippen LogP contribution is 2.23. The number of halogens is 2. The van der Waals surface area contributed by atoms with Crippen molar-refractivity contribution in [3.05, 3.63) is 34.6 Å². The Hall–Kier alpha value is -1.13. The zero-order valence-corrected chi connectivity index (χ0v) is 12.1. The van der Waals surface area contributed by atoms with Crippen molar-refractivity contribution < 1.29 is 14.3 Å². The molecule has 1 aliphatic rings. The Morgan fingerprint density at radius 2 is 2.30 bits per heavy atom. The lowest BCUT2D eigenvalue weighted by atomic mass is 9.93. The number of carboxylic acids is 1. The average Bonchev–Trinajstić information content (AvgIpc) is 2.40. The van der Waals surface area contributed by atoms with Crippen LogP contribution in [-0.2, 0) is 11.3 Å². The Morgan fingerprint density at radius 3 is 3.00 bits per heavy atom. The zero-order valence-electron chi connectivity index (χ0n) is 11.3. The molecular formula is C15H19ClFNO2. The zero-order chi connectivity index (χ0) is 14.5. The van der Waals surface area contributed by atoms with Crippen molar-refractivity contribution >= 4 is 17.6 Å². The van der Waals surface area contributed by atoms with Crippen molar-refractivity contribution in [2.75, 3.05) is 13.1 Å². The number of aliphatic carboxylic acids is 1. The average molecular weight is 300 g/mol. The first-order valence-electron chi connectivity index (χ1n) is 6.92. The van der Waals surface area contributed by atoms with Gasteiger partial charge in [-0.3, -0.25) is 9.69 Å². The second-order valence-electron chi connectivity index (χ2n) is 5.41. The van der Waals surface area contributed by atoms with Crippen LogP contribution >= 0.6 is 11.6 Å². The first-order valence-corrected chi connectivity index (χ1v) is 7.30. The summed E-state index contributed by atoms with van der Waals surface area (Å²) in [6.07, 6.45) is 3.02. The summed E-state index contributed by atoms with van der Waals surface area (Å²) in [4.78, 5) is 12.8. The molecule has 1 fully saturated rings. The van der Waals surface area contributed by atoms with Crippen LogP contribution in [0.4, 0.5) is 4.39 Å². The summed E-state index contributed by atoms with van der Waals surface area (Å²) in [5.41, 5.74) is 0.647. The molecule has 1 unspecified atom stereocenters. The molecule has 20 heavy (non-hydrogen) atoms. The van der Waals surface area contributed by atoms with E-state index in [4.69, 9.17) is 16.7 Å². The molecule has 3 nitrogen and oxygen atoms in total. The molecule has 0 aliphatic carbocycles. The molecule has 0 saturated carbocycles. The summed E-state index contributed by atoms with van der Waals surface area (Å²) in [5, 5.41) is 9.14. The topological polar surface area (TPSA) is 40.5 Å². The van der Waals surface area contributed by atoms with E-state index in [2.05, 4.69) is 4.90 Å². The maximum Gasteiger partial charge on any atom is 0.303 e. The molecule has 0 aromatic heterocycles. The van der Waals surface area contributed by atoms with Crippen molar-refractivity contribution in [1.82, 2.24) is 4.90 Å². The van der Waals surface area contributed by atoms with E-state index in [9.17, 15) is 9.18 Å². The van der Waals surface area contributed by atoms with Gasteiger partial charge in [-0.2, -0.15) is 0 Å². The minimum atomic E-state index is -0.745. The maximum absolute atomic E-state index is 13.8. The molecule has 0 radical (unpaired) electrons. The van der Waals surface area contributed by atoms with E-state index < -0.39 is 5.97 Å². The molecule has 1 heterocycles. The van der Waals surface area contributed by atoms with Gasteiger partial charge in [0.25, 0.3) is 0 Å². The largest absolute Gasteiger partial charge is 0.481 e. The summed E-state index contributed by atoms with van der Waals surface area (Å²) in [6.45, 7) is 2.34. The van der Waals surface area contributed by atoms with Gasteiger partial charge in [0.1, 0.15) is 5.82 Å². The standard InChI is InChI=1S/C15H19ClFNO2/c16-13-5-4-12(14(17)8-13)10-18-7-1-2-11(9-18)3-6-15(19)20/h4-5,8,11H,1-3,6-7,9-10H2,(H,19,20). The minimum Gasteiger partial charge on any atom is -0.481 e. The van der Waals surface area contributed by atoms with Crippen molar-refractivity contribution in [3.63, 3.8) is 0 Å². The first-order chi connectivity index (χ1) is 9.54. The number of carboxylic acid groups (broad SMARTS) is 1. The Morgan fingerprint density at radius 1 is 1.50 bits per heavy atom. The second kappa shape index (κ2) is 7.04.